The second-order valence-corrected chi connectivity index (χ2v) is 5.72. The van der Waals surface area contributed by atoms with Gasteiger partial charge in [-0.05, 0) is 43.7 Å². The Kier molecular flexibility index (Phi) is 4.12. The van der Waals surface area contributed by atoms with Crippen LogP contribution in [-0.2, 0) is 9.59 Å². The van der Waals surface area contributed by atoms with Crippen LogP contribution in [0.5, 0.6) is 11.5 Å². The third kappa shape index (κ3) is 3.03. The minimum Gasteiger partial charge on any atom is -0.506 e. The van der Waals surface area contributed by atoms with Crippen molar-refractivity contribution in [3.05, 3.63) is 48.0 Å². The summed E-state index contributed by atoms with van der Waals surface area (Å²) in [5.41, 5.74) is 1.76. The minimum atomic E-state index is -0.652. The molecule has 2 N–H and O–H groups in total. The van der Waals surface area contributed by atoms with Gasteiger partial charge in [0.2, 0.25) is 5.91 Å². The number of hydrogen-bond acceptors (Lipinski definition) is 4. The number of carbonyl (C=O) groups is 2. The average molecular weight is 326 g/mol. The first-order chi connectivity index (χ1) is 11.5. The number of nitrogens with zero attached hydrogens (tertiary/aromatic N) is 1. The Hall–Kier alpha value is -3.02. The van der Waals surface area contributed by atoms with Gasteiger partial charge in [0, 0.05) is 0 Å². The second kappa shape index (κ2) is 6.23. The number of hydrogen-bond donors (Lipinski definition) is 2. The van der Waals surface area contributed by atoms with Crippen molar-refractivity contribution in [1.29, 1.82) is 0 Å². The van der Waals surface area contributed by atoms with E-state index < -0.39 is 12.0 Å². The number of phenols is 1. The molecule has 0 fully saturated rings. The van der Waals surface area contributed by atoms with Crippen LogP contribution in [0.25, 0.3) is 0 Å². The standard InChI is InChI=1S/C18H18N2O4/c1-11-7-8-13(15(21)9-11)19-17(22)10-20-14-5-3-4-6-16(14)24-12(2)18(20)23/h3-9,12,21H,10H2,1-2H3,(H,19,22)/t12-/m0/s1. The van der Waals surface area contributed by atoms with E-state index >= 15 is 0 Å². The van der Waals surface area contributed by atoms with E-state index in [4.69, 9.17) is 4.74 Å². The topological polar surface area (TPSA) is 78.9 Å². The molecule has 0 bridgehead atoms. The molecule has 1 heterocycles. The minimum absolute atomic E-state index is 0.00887. The molecule has 24 heavy (non-hydrogen) atoms. The number of phenolic OH excluding ortho intramolecular Hbond substituents is 1. The molecule has 2 amide bonds. The Labute approximate surface area is 139 Å². The fraction of sp³-hybridized carbons (Fsp3) is 0.222. The van der Waals surface area contributed by atoms with E-state index in [9.17, 15) is 14.7 Å². The van der Waals surface area contributed by atoms with Crippen LogP contribution in [0.2, 0.25) is 0 Å². The monoisotopic (exact) mass is 326 g/mol. The van der Waals surface area contributed by atoms with E-state index in [-0.39, 0.29) is 18.2 Å². The van der Waals surface area contributed by atoms with Crippen LogP contribution in [0.4, 0.5) is 11.4 Å². The van der Waals surface area contributed by atoms with Crippen molar-refractivity contribution in [1.82, 2.24) is 0 Å². The summed E-state index contributed by atoms with van der Waals surface area (Å²) in [4.78, 5) is 26.1. The largest absolute Gasteiger partial charge is 0.506 e. The molecule has 0 spiro atoms. The van der Waals surface area contributed by atoms with Gasteiger partial charge in [-0.15, -0.1) is 0 Å². The first-order valence-corrected chi connectivity index (χ1v) is 7.62. The summed E-state index contributed by atoms with van der Waals surface area (Å²) in [6.07, 6.45) is -0.652. The number of nitrogens with one attached hydrogen (secondary N) is 1. The summed E-state index contributed by atoms with van der Waals surface area (Å²) in [5, 5.41) is 12.5. The van der Waals surface area contributed by atoms with Gasteiger partial charge in [0.15, 0.2) is 6.10 Å². The van der Waals surface area contributed by atoms with Crippen LogP contribution >= 0.6 is 0 Å². The number of rotatable bonds is 3. The zero-order chi connectivity index (χ0) is 17.3. The molecule has 0 radical (unpaired) electrons. The number of para-hydroxylation sites is 2. The van der Waals surface area contributed by atoms with Gasteiger partial charge >= 0.3 is 0 Å². The van der Waals surface area contributed by atoms with Gasteiger partial charge in [-0.1, -0.05) is 18.2 Å². The lowest BCUT2D eigenvalue weighted by atomic mass is 10.2. The van der Waals surface area contributed by atoms with E-state index in [0.717, 1.165) is 5.56 Å². The molecule has 124 valence electrons. The number of benzene rings is 2. The van der Waals surface area contributed by atoms with Crippen LogP contribution in [0.1, 0.15) is 12.5 Å². The number of carbonyl (C=O) groups excluding carboxylic acids is 2. The number of aromatic hydroxyl groups is 1. The average Bonchev–Trinajstić information content (AvgIpc) is 2.54. The lowest BCUT2D eigenvalue weighted by molar-refractivity contribution is -0.127. The predicted octanol–water partition coefficient (Wildman–Crippen LogP) is 2.45. The first-order valence-electron chi connectivity index (χ1n) is 7.62. The van der Waals surface area contributed by atoms with E-state index in [1.54, 1.807) is 43.3 Å². The van der Waals surface area contributed by atoms with Crippen LogP contribution in [0.3, 0.4) is 0 Å². The Balaban J connectivity index is 1.79. The van der Waals surface area contributed by atoms with Gasteiger partial charge in [-0.25, -0.2) is 0 Å². The molecular weight excluding hydrogens is 308 g/mol. The van der Waals surface area contributed by atoms with Gasteiger partial charge in [0.1, 0.15) is 18.0 Å². The quantitative estimate of drug-likeness (QED) is 0.849. The molecule has 0 aromatic heterocycles. The number of anilines is 2. The number of amides is 2. The predicted molar refractivity (Wildman–Crippen MR) is 90.4 cm³/mol. The molecule has 2 aromatic rings. The van der Waals surface area contributed by atoms with Crippen molar-refractivity contribution in [3.8, 4) is 11.5 Å². The highest BCUT2D eigenvalue weighted by atomic mass is 16.5. The smallest absolute Gasteiger partial charge is 0.268 e. The van der Waals surface area contributed by atoms with Gasteiger partial charge in [-0.3, -0.25) is 14.5 Å². The Morgan fingerprint density at radius 1 is 1.29 bits per heavy atom. The lowest BCUT2D eigenvalue weighted by Gasteiger charge is -2.32. The van der Waals surface area contributed by atoms with Gasteiger partial charge in [0.25, 0.3) is 5.91 Å². The van der Waals surface area contributed by atoms with Crippen LogP contribution < -0.4 is 15.0 Å². The SMILES string of the molecule is Cc1ccc(NC(=O)CN2C(=O)[C@H](C)Oc3ccccc32)c(O)c1. The van der Waals surface area contributed by atoms with Crippen LogP contribution in [0, 0.1) is 6.92 Å². The zero-order valence-corrected chi connectivity index (χ0v) is 13.4. The molecule has 1 atom stereocenters. The van der Waals surface area contributed by atoms with Crippen molar-refractivity contribution >= 4 is 23.2 Å². The maximum Gasteiger partial charge on any atom is 0.268 e. The molecule has 0 saturated carbocycles. The number of aryl methyl sites for hydroxylation is 1. The van der Waals surface area contributed by atoms with Crippen molar-refractivity contribution in [2.45, 2.75) is 20.0 Å². The lowest BCUT2D eigenvalue weighted by Crippen LogP contribution is -2.47. The molecule has 6 heteroatoms. The summed E-state index contributed by atoms with van der Waals surface area (Å²) >= 11 is 0. The third-order valence-electron chi connectivity index (χ3n) is 3.80. The van der Waals surface area contributed by atoms with Crippen molar-refractivity contribution in [2.75, 3.05) is 16.8 Å². The Morgan fingerprint density at radius 2 is 2.04 bits per heavy atom. The molecule has 6 nitrogen and oxygen atoms in total. The van der Waals surface area contributed by atoms with Crippen molar-refractivity contribution < 1.29 is 19.4 Å². The molecule has 2 aromatic carbocycles. The summed E-state index contributed by atoms with van der Waals surface area (Å²) in [7, 11) is 0. The highest BCUT2D eigenvalue weighted by Crippen LogP contribution is 2.33. The fourth-order valence-corrected chi connectivity index (χ4v) is 2.60. The maximum absolute atomic E-state index is 12.4. The number of ether oxygens (including phenoxy) is 1. The molecule has 0 saturated heterocycles. The molecule has 1 aliphatic rings. The molecule has 0 unspecified atom stereocenters. The number of fused-ring (bicyclic) bond motifs is 1. The molecule has 0 aliphatic carbocycles. The van der Waals surface area contributed by atoms with Gasteiger partial charge in [-0.2, -0.15) is 0 Å². The van der Waals surface area contributed by atoms with Crippen LogP contribution in [-0.4, -0.2) is 29.6 Å². The van der Waals surface area contributed by atoms with Gasteiger partial charge < -0.3 is 15.2 Å². The summed E-state index contributed by atoms with van der Waals surface area (Å²) < 4.78 is 5.54. The summed E-state index contributed by atoms with van der Waals surface area (Å²) in [6, 6.07) is 12.1. The van der Waals surface area contributed by atoms with E-state index in [0.29, 0.717) is 17.1 Å². The Bertz CT molecular complexity index is 803. The summed E-state index contributed by atoms with van der Waals surface area (Å²) in [5.74, 6) is -0.121. The van der Waals surface area contributed by atoms with Crippen molar-refractivity contribution in [3.63, 3.8) is 0 Å². The van der Waals surface area contributed by atoms with Crippen LogP contribution in [0.15, 0.2) is 42.5 Å². The second-order valence-electron chi connectivity index (χ2n) is 5.72. The fourth-order valence-electron chi connectivity index (χ4n) is 2.60. The normalized spacial score (nSPS) is 16.3. The highest BCUT2D eigenvalue weighted by Gasteiger charge is 2.32. The zero-order valence-electron chi connectivity index (χ0n) is 13.4. The molecular formula is C18H18N2O4. The molecule has 1 aliphatic heterocycles. The van der Waals surface area contributed by atoms with Crippen molar-refractivity contribution in [2.24, 2.45) is 0 Å². The van der Waals surface area contributed by atoms with E-state index in [2.05, 4.69) is 5.32 Å². The third-order valence-corrected chi connectivity index (χ3v) is 3.80. The highest BCUT2D eigenvalue weighted by molar-refractivity contribution is 6.06. The maximum atomic E-state index is 12.4. The van der Waals surface area contributed by atoms with E-state index in [1.807, 2.05) is 13.0 Å². The first kappa shape index (κ1) is 15.9. The van der Waals surface area contributed by atoms with E-state index in [1.165, 1.54) is 4.90 Å². The van der Waals surface area contributed by atoms with Gasteiger partial charge in [0.05, 0.1) is 11.4 Å². The Morgan fingerprint density at radius 3 is 2.79 bits per heavy atom. The summed E-state index contributed by atoms with van der Waals surface area (Å²) in [6.45, 7) is 3.34. The molecule has 3 rings (SSSR count).